The maximum Gasteiger partial charge on any atom is 0.119 e. The maximum atomic E-state index is 10.3. The number of benzene rings is 1. The van der Waals surface area contributed by atoms with Crippen molar-refractivity contribution in [3.8, 4) is 5.75 Å². The molecule has 0 spiro atoms. The second-order valence-electron chi connectivity index (χ2n) is 7.84. The Morgan fingerprint density at radius 2 is 1.96 bits per heavy atom. The van der Waals surface area contributed by atoms with E-state index in [1.165, 1.54) is 36.8 Å². The van der Waals surface area contributed by atoms with Crippen molar-refractivity contribution < 1.29 is 9.84 Å². The van der Waals surface area contributed by atoms with Crippen molar-refractivity contribution >= 4 is 0 Å². The highest BCUT2D eigenvalue weighted by atomic mass is 16.5. The van der Waals surface area contributed by atoms with Gasteiger partial charge >= 0.3 is 0 Å². The van der Waals surface area contributed by atoms with Crippen molar-refractivity contribution in [3.05, 3.63) is 47.3 Å². The van der Waals surface area contributed by atoms with Crippen molar-refractivity contribution in [3.63, 3.8) is 0 Å². The molecule has 2 aromatic rings. The van der Waals surface area contributed by atoms with Crippen LogP contribution in [0.25, 0.3) is 0 Å². The number of hydrogen-bond donors (Lipinski definition) is 2. The second kappa shape index (κ2) is 10.6. The third kappa shape index (κ3) is 6.62. The number of rotatable bonds is 9. The van der Waals surface area contributed by atoms with Crippen LogP contribution >= 0.6 is 0 Å². The molecule has 0 amide bonds. The summed E-state index contributed by atoms with van der Waals surface area (Å²) < 4.78 is 7.70. The molecule has 2 heterocycles. The number of nitrogens with one attached hydrogen (secondary N) is 1. The number of aryl methyl sites for hydroxylation is 2. The predicted octanol–water partition coefficient (Wildman–Crippen LogP) is 2.63. The van der Waals surface area contributed by atoms with E-state index in [1.54, 1.807) is 0 Å². The topological polar surface area (TPSA) is 62.6 Å². The lowest BCUT2D eigenvalue weighted by molar-refractivity contribution is 0.0693. The van der Waals surface area contributed by atoms with Gasteiger partial charge in [-0.1, -0.05) is 25.0 Å². The summed E-state index contributed by atoms with van der Waals surface area (Å²) in [7, 11) is 1.94. The van der Waals surface area contributed by atoms with Crippen molar-refractivity contribution in [1.29, 1.82) is 0 Å². The highest BCUT2D eigenvalue weighted by molar-refractivity contribution is 5.28. The monoisotopic (exact) mass is 386 g/mol. The SMILES string of the molecule is Cc1nn(C)cc1CNCc1cccc(OC[C@H](O)CN2CCCCCC2)c1. The molecule has 0 saturated carbocycles. The van der Waals surface area contributed by atoms with Crippen molar-refractivity contribution in [2.45, 2.75) is 51.8 Å². The highest BCUT2D eigenvalue weighted by Gasteiger charge is 2.14. The summed E-state index contributed by atoms with van der Waals surface area (Å²) in [6.07, 6.45) is 6.69. The summed E-state index contributed by atoms with van der Waals surface area (Å²) in [5.74, 6) is 0.812. The quantitative estimate of drug-likeness (QED) is 0.694. The fourth-order valence-electron chi connectivity index (χ4n) is 3.77. The molecule has 154 valence electrons. The van der Waals surface area contributed by atoms with E-state index in [1.807, 2.05) is 43.0 Å². The molecule has 1 aliphatic rings. The first-order valence-electron chi connectivity index (χ1n) is 10.4. The largest absolute Gasteiger partial charge is 0.491 e. The molecule has 0 aliphatic carbocycles. The van der Waals surface area contributed by atoms with Crippen LogP contribution in [-0.4, -0.2) is 52.1 Å². The van der Waals surface area contributed by atoms with Crippen LogP contribution in [0.15, 0.2) is 30.5 Å². The molecule has 1 aromatic heterocycles. The van der Waals surface area contributed by atoms with Crippen LogP contribution in [0.3, 0.4) is 0 Å². The van der Waals surface area contributed by atoms with Crippen LogP contribution in [0.4, 0.5) is 0 Å². The first kappa shape index (κ1) is 20.8. The Morgan fingerprint density at radius 3 is 2.68 bits per heavy atom. The van der Waals surface area contributed by atoms with Gasteiger partial charge in [0.1, 0.15) is 18.5 Å². The molecule has 6 heteroatoms. The summed E-state index contributed by atoms with van der Waals surface area (Å²) in [4.78, 5) is 2.36. The lowest BCUT2D eigenvalue weighted by atomic mass is 10.2. The summed E-state index contributed by atoms with van der Waals surface area (Å²) in [6.45, 7) is 6.81. The van der Waals surface area contributed by atoms with E-state index in [9.17, 15) is 5.11 Å². The van der Waals surface area contributed by atoms with Gasteiger partial charge in [-0.3, -0.25) is 4.68 Å². The van der Waals surface area contributed by atoms with Gasteiger partial charge in [0, 0.05) is 38.4 Å². The van der Waals surface area contributed by atoms with Crippen LogP contribution in [0.2, 0.25) is 0 Å². The molecule has 0 unspecified atom stereocenters. The first-order chi connectivity index (χ1) is 13.6. The Labute approximate surface area is 168 Å². The zero-order valence-electron chi connectivity index (χ0n) is 17.2. The van der Waals surface area contributed by atoms with Crippen LogP contribution in [0, 0.1) is 6.92 Å². The van der Waals surface area contributed by atoms with E-state index in [0.29, 0.717) is 13.2 Å². The number of ether oxygens (including phenoxy) is 1. The van der Waals surface area contributed by atoms with E-state index in [0.717, 1.165) is 37.6 Å². The zero-order valence-corrected chi connectivity index (χ0v) is 17.2. The molecule has 0 bridgehead atoms. The number of hydrogen-bond acceptors (Lipinski definition) is 5. The van der Waals surface area contributed by atoms with Gasteiger partial charge in [-0.25, -0.2) is 0 Å². The zero-order chi connectivity index (χ0) is 19.8. The maximum absolute atomic E-state index is 10.3. The minimum Gasteiger partial charge on any atom is -0.491 e. The number of likely N-dealkylation sites (tertiary alicyclic amines) is 1. The van der Waals surface area contributed by atoms with E-state index < -0.39 is 6.10 Å². The molecule has 3 rings (SSSR count). The van der Waals surface area contributed by atoms with Gasteiger partial charge in [-0.05, 0) is 50.6 Å². The summed E-state index contributed by atoms with van der Waals surface area (Å²) in [5, 5.41) is 18.2. The summed E-state index contributed by atoms with van der Waals surface area (Å²) in [5.41, 5.74) is 3.44. The Balaban J connectivity index is 1.41. The Kier molecular flexibility index (Phi) is 7.89. The average molecular weight is 387 g/mol. The van der Waals surface area contributed by atoms with Crippen LogP contribution in [0.5, 0.6) is 5.75 Å². The number of β-amino-alcohol motifs (C(OH)–C–C–N with tert-alkyl or cyclic N) is 1. The van der Waals surface area contributed by atoms with E-state index in [2.05, 4.69) is 21.4 Å². The van der Waals surface area contributed by atoms with Crippen LogP contribution in [-0.2, 0) is 20.1 Å². The number of nitrogens with zero attached hydrogens (tertiary/aromatic N) is 3. The first-order valence-corrected chi connectivity index (χ1v) is 10.4. The Morgan fingerprint density at radius 1 is 1.18 bits per heavy atom. The molecule has 1 saturated heterocycles. The normalized spacial score (nSPS) is 16.7. The smallest absolute Gasteiger partial charge is 0.119 e. The van der Waals surface area contributed by atoms with Gasteiger partial charge in [-0.15, -0.1) is 0 Å². The summed E-state index contributed by atoms with van der Waals surface area (Å²) in [6, 6.07) is 8.08. The standard InChI is InChI=1S/C22H34N4O2/c1-18-20(15-25(2)24-18)14-23-13-19-8-7-9-22(12-19)28-17-21(27)16-26-10-5-3-4-6-11-26/h7-9,12,15,21,23,27H,3-6,10-11,13-14,16-17H2,1-2H3/t21-/m1/s1. The number of aromatic nitrogens is 2. The lowest BCUT2D eigenvalue weighted by Gasteiger charge is -2.23. The molecule has 1 aliphatic heterocycles. The molecule has 1 fully saturated rings. The fourth-order valence-corrected chi connectivity index (χ4v) is 3.77. The van der Waals surface area contributed by atoms with Crippen molar-refractivity contribution in [2.24, 2.45) is 7.05 Å². The molecule has 0 radical (unpaired) electrons. The Hall–Kier alpha value is -1.89. The van der Waals surface area contributed by atoms with Gasteiger partial charge in [0.05, 0.1) is 5.69 Å². The molecular weight excluding hydrogens is 352 g/mol. The van der Waals surface area contributed by atoms with E-state index >= 15 is 0 Å². The van der Waals surface area contributed by atoms with Crippen LogP contribution in [0.1, 0.15) is 42.5 Å². The number of aliphatic hydroxyl groups is 1. The molecule has 1 aromatic carbocycles. The fraction of sp³-hybridized carbons (Fsp3) is 0.591. The third-order valence-corrected chi connectivity index (χ3v) is 5.27. The van der Waals surface area contributed by atoms with E-state index in [-0.39, 0.29) is 0 Å². The minimum atomic E-state index is -0.451. The Bertz CT molecular complexity index is 723. The molecule has 6 nitrogen and oxygen atoms in total. The minimum absolute atomic E-state index is 0.336. The molecule has 28 heavy (non-hydrogen) atoms. The van der Waals surface area contributed by atoms with Gasteiger partial charge in [0.15, 0.2) is 0 Å². The van der Waals surface area contributed by atoms with Crippen molar-refractivity contribution in [2.75, 3.05) is 26.2 Å². The molecule has 1 atom stereocenters. The lowest BCUT2D eigenvalue weighted by Crippen LogP contribution is -2.36. The molecule has 2 N–H and O–H groups in total. The second-order valence-corrected chi connectivity index (χ2v) is 7.84. The predicted molar refractivity (Wildman–Crippen MR) is 111 cm³/mol. The third-order valence-electron chi connectivity index (χ3n) is 5.27. The van der Waals surface area contributed by atoms with Gasteiger partial charge in [-0.2, -0.15) is 5.10 Å². The van der Waals surface area contributed by atoms with Crippen molar-refractivity contribution in [1.82, 2.24) is 20.0 Å². The average Bonchev–Trinajstić information content (AvgIpc) is 2.86. The highest BCUT2D eigenvalue weighted by Crippen LogP contribution is 2.15. The van der Waals surface area contributed by atoms with Gasteiger partial charge in [0.2, 0.25) is 0 Å². The number of aliphatic hydroxyl groups excluding tert-OH is 1. The van der Waals surface area contributed by atoms with Crippen LogP contribution < -0.4 is 10.1 Å². The summed E-state index contributed by atoms with van der Waals surface area (Å²) >= 11 is 0. The van der Waals surface area contributed by atoms with Gasteiger partial charge < -0.3 is 20.1 Å². The van der Waals surface area contributed by atoms with Gasteiger partial charge in [0.25, 0.3) is 0 Å². The molecular formula is C22H34N4O2. The van der Waals surface area contributed by atoms with E-state index in [4.69, 9.17) is 4.74 Å².